The number of para-hydroxylation sites is 1. The van der Waals surface area contributed by atoms with Crippen LogP contribution in [0.1, 0.15) is 5.56 Å². The Bertz CT molecular complexity index is 2630. The van der Waals surface area contributed by atoms with E-state index < -0.39 is 0 Å². The molecular weight excluding hydrogens is 647 g/mol. The largest absolute Gasteiger partial charge is 0.507 e. The van der Waals surface area contributed by atoms with Crippen molar-refractivity contribution < 1.29 is 5.11 Å². The van der Waals surface area contributed by atoms with Crippen LogP contribution in [0.5, 0.6) is 5.75 Å². The summed E-state index contributed by atoms with van der Waals surface area (Å²) in [6.45, 7) is 2.12. The third kappa shape index (κ3) is 5.96. The van der Waals surface area contributed by atoms with Gasteiger partial charge < -0.3 is 5.11 Å². The maximum atomic E-state index is 10.9. The van der Waals surface area contributed by atoms with E-state index in [4.69, 9.17) is 9.97 Å². The predicted octanol–water partition coefficient (Wildman–Crippen LogP) is 12.4. The number of rotatable bonds is 7. The number of benzene rings is 6. The number of phenolic OH excluding ortho intramolecular Hbond substituents is 1. The number of phenols is 1. The van der Waals surface area contributed by atoms with Gasteiger partial charge in [0.2, 0.25) is 0 Å². The SMILES string of the molecule is Cc1ccccc1-c1cc(-c2cccc(-c3nc4ccccn4c3-c3c(-c4ccccc4)cccc3-c3ccccc3)c2)nc(-c2ccccc2O)c1. The fourth-order valence-electron chi connectivity index (χ4n) is 7.34. The highest BCUT2D eigenvalue weighted by molar-refractivity contribution is 5.99. The molecule has 3 heterocycles. The zero-order valence-corrected chi connectivity index (χ0v) is 29.2. The van der Waals surface area contributed by atoms with Gasteiger partial charge in [-0.05, 0) is 88.3 Å². The first kappa shape index (κ1) is 31.9. The summed E-state index contributed by atoms with van der Waals surface area (Å²) in [5, 5.41) is 10.9. The number of hydrogen-bond donors (Lipinski definition) is 1. The molecule has 0 atom stereocenters. The Balaban J connectivity index is 1.29. The van der Waals surface area contributed by atoms with Crippen molar-refractivity contribution in [3.63, 3.8) is 0 Å². The van der Waals surface area contributed by atoms with Crippen LogP contribution in [0.15, 0.2) is 188 Å². The maximum absolute atomic E-state index is 10.9. The number of fused-ring (bicyclic) bond motifs is 1. The van der Waals surface area contributed by atoms with E-state index in [2.05, 4.69) is 169 Å². The average molecular weight is 682 g/mol. The van der Waals surface area contributed by atoms with Crippen LogP contribution in [0.4, 0.5) is 0 Å². The third-order valence-electron chi connectivity index (χ3n) is 9.89. The van der Waals surface area contributed by atoms with Crippen molar-refractivity contribution in [3.05, 3.63) is 194 Å². The van der Waals surface area contributed by atoms with Gasteiger partial charge in [0.25, 0.3) is 0 Å². The van der Waals surface area contributed by atoms with Crippen LogP contribution >= 0.6 is 0 Å². The second kappa shape index (κ2) is 13.6. The highest BCUT2D eigenvalue weighted by Crippen LogP contribution is 2.45. The zero-order valence-electron chi connectivity index (χ0n) is 29.2. The van der Waals surface area contributed by atoms with Crippen LogP contribution in [0.25, 0.3) is 84.1 Å². The maximum Gasteiger partial charge on any atom is 0.137 e. The van der Waals surface area contributed by atoms with E-state index in [0.29, 0.717) is 11.3 Å². The fraction of sp³-hybridized carbons (Fsp3) is 0.0204. The lowest BCUT2D eigenvalue weighted by Gasteiger charge is -2.18. The average Bonchev–Trinajstić information content (AvgIpc) is 3.61. The standard InChI is InChI=1S/C49H35N3O/c1-33-16-8-9-23-39(33)38-31-43(50-44(32-38)42-24-10-11-27-45(42)53)36-21-14-22-37(30-36)48-49(52-29-13-12-28-46(52)51-48)47-40(34-17-4-2-5-18-34)25-15-26-41(47)35-19-6-3-7-20-35/h2-32,53H,1H3. The molecule has 0 aliphatic carbocycles. The van der Waals surface area contributed by atoms with Crippen molar-refractivity contribution in [2.45, 2.75) is 6.92 Å². The lowest BCUT2D eigenvalue weighted by atomic mass is 9.88. The van der Waals surface area contributed by atoms with Crippen molar-refractivity contribution >= 4 is 5.65 Å². The van der Waals surface area contributed by atoms with Gasteiger partial charge >= 0.3 is 0 Å². The van der Waals surface area contributed by atoms with Gasteiger partial charge in [-0.25, -0.2) is 9.97 Å². The van der Waals surface area contributed by atoms with Gasteiger partial charge in [0.15, 0.2) is 0 Å². The van der Waals surface area contributed by atoms with E-state index in [-0.39, 0.29) is 5.75 Å². The molecule has 0 unspecified atom stereocenters. The van der Waals surface area contributed by atoms with Crippen molar-refractivity contribution in [2.75, 3.05) is 0 Å². The Morgan fingerprint density at radius 1 is 0.434 bits per heavy atom. The minimum Gasteiger partial charge on any atom is -0.507 e. The van der Waals surface area contributed by atoms with Crippen molar-refractivity contribution in [1.29, 1.82) is 0 Å². The van der Waals surface area contributed by atoms with E-state index in [9.17, 15) is 5.11 Å². The minimum atomic E-state index is 0.197. The Labute approximate surface area is 309 Å². The quantitative estimate of drug-likeness (QED) is 0.182. The number of aromatic nitrogens is 3. The smallest absolute Gasteiger partial charge is 0.137 e. The number of hydrogen-bond acceptors (Lipinski definition) is 3. The van der Waals surface area contributed by atoms with Gasteiger partial charge in [-0.3, -0.25) is 4.40 Å². The first-order chi connectivity index (χ1) is 26.1. The Morgan fingerprint density at radius 2 is 1.00 bits per heavy atom. The van der Waals surface area contributed by atoms with Gasteiger partial charge in [0.05, 0.1) is 22.8 Å². The second-order valence-electron chi connectivity index (χ2n) is 13.2. The molecule has 0 aliphatic rings. The number of aromatic hydroxyl groups is 1. The summed E-state index contributed by atoms with van der Waals surface area (Å²) in [6, 6.07) is 62.4. The molecule has 4 nitrogen and oxygen atoms in total. The summed E-state index contributed by atoms with van der Waals surface area (Å²) in [4.78, 5) is 10.5. The molecule has 0 radical (unpaired) electrons. The first-order valence-corrected chi connectivity index (χ1v) is 17.8. The lowest BCUT2D eigenvalue weighted by molar-refractivity contribution is 0.477. The number of nitrogens with zero attached hydrogens (tertiary/aromatic N) is 3. The van der Waals surface area contributed by atoms with E-state index in [1.54, 1.807) is 6.07 Å². The van der Waals surface area contributed by atoms with E-state index in [1.165, 1.54) is 5.56 Å². The predicted molar refractivity (Wildman–Crippen MR) is 217 cm³/mol. The summed E-state index contributed by atoms with van der Waals surface area (Å²) in [5.41, 5.74) is 15.9. The van der Waals surface area contributed by atoms with Crippen LogP contribution in [0.3, 0.4) is 0 Å². The molecule has 0 aliphatic heterocycles. The van der Waals surface area contributed by atoms with Gasteiger partial charge in [0.1, 0.15) is 11.4 Å². The molecule has 0 saturated carbocycles. The second-order valence-corrected chi connectivity index (χ2v) is 13.2. The van der Waals surface area contributed by atoms with Crippen LogP contribution < -0.4 is 0 Å². The monoisotopic (exact) mass is 681 g/mol. The molecule has 252 valence electrons. The summed E-state index contributed by atoms with van der Waals surface area (Å²) < 4.78 is 2.21. The van der Waals surface area contributed by atoms with E-state index >= 15 is 0 Å². The van der Waals surface area contributed by atoms with Crippen LogP contribution in [0, 0.1) is 6.92 Å². The molecule has 4 heteroatoms. The van der Waals surface area contributed by atoms with E-state index in [1.807, 2.05) is 24.3 Å². The molecule has 0 fully saturated rings. The summed E-state index contributed by atoms with van der Waals surface area (Å²) in [7, 11) is 0. The first-order valence-electron chi connectivity index (χ1n) is 17.8. The van der Waals surface area contributed by atoms with Crippen LogP contribution in [-0.2, 0) is 0 Å². The molecule has 9 aromatic rings. The Kier molecular flexibility index (Phi) is 8.18. The summed E-state index contributed by atoms with van der Waals surface area (Å²) >= 11 is 0. The minimum absolute atomic E-state index is 0.197. The number of aryl methyl sites for hydroxylation is 1. The summed E-state index contributed by atoms with van der Waals surface area (Å²) in [6.07, 6.45) is 2.10. The van der Waals surface area contributed by atoms with Crippen LogP contribution in [0.2, 0.25) is 0 Å². The summed E-state index contributed by atoms with van der Waals surface area (Å²) in [5.74, 6) is 0.197. The zero-order chi connectivity index (χ0) is 35.7. The van der Waals surface area contributed by atoms with Crippen molar-refractivity contribution in [3.8, 4) is 84.2 Å². The molecule has 3 aromatic heterocycles. The Hall–Kier alpha value is -7.04. The highest BCUT2D eigenvalue weighted by atomic mass is 16.3. The van der Waals surface area contributed by atoms with E-state index in [0.717, 1.165) is 72.8 Å². The van der Waals surface area contributed by atoms with Crippen molar-refractivity contribution in [1.82, 2.24) is 14.4 Å². The molecule has 0 amide bonds. The topological polar surface area (TPSA) is 50.4 Å². The molecule has 9 rings (SSSR count). The molecule has 1 N–H and O–H groups in total. The molecule has 0 spiro atoms. The fourth-order valence-corrected chi connectivity index (χ4v) is 7.34. The van der Waals surface area contributed by atoms with Gasteiger partial charge in [-0.1, -0.05) is 140 Å². The molecule has 0 saturated heterocycles. The van der Waals surface area contributed by atoms with Crippen molar-refractivity contribution in [2.24, 2.45) is 0 Å². The van der Waals surface area contributed by atoms with Gasteiger partial charge in [-0.2, -0.15) is 0 Å². The highest BCUT2D eigenvalue weighted by Gasteiger charge is 2.23. The van der Waals surface area contributed by atoms with Gasteiger partial charge in [-0.15, -0.1) is 0 Å². The molecule has 53 heavy (non-hydrogen) atoms. The normalized spacial score (nSPS) is 11.2. The third-order valence-corrected chi connectivity index (χ3v) is 9.89. The molecule has 6 aromatic carbocycles. The lowest BCUT2D eigenvalue weighted by Crippen LogP contribution is -1.96. The molecule has 0 bridgehead atoms. The number of imidazole rings is 1. The molecular formula is C49H35N3O. The van der Waals surface area contributed by atoms with Crippen LogP contribution in [-0.4, -0.2) is 19.5 Å². The number of pyridine rings is 2. The van der Waals surface area contributed by atoms with Gasteiger partial charge in [0, 0.05) is 28.5 Å². The Morgan fingerprint density at radius 3 is 1.72 bits per heavy atom.